The number of nitrogens with two attached hydrogens (primary N) is 1. The van der Waals surface area contributed by atoms with Crippen LogP contribution in [0.2, 0.25) is 0 Å². The lowest BCUT2D eigenvalue weighted by Gasteiger charge is -2.27. The second-order valence-corrected chi connectivity index (χ2v) is 2.76. The fourth-order valence-electron chi connectivity index (χ4n) is 1.33. The topological polar surface area (TPSA) is 58.7 Å². The van der Waals surface area contributed by atoms with Gasteiger partial charge in [0.15, 0.2) is 0 Å². The van der Waals surface area contributed by atoms with Gasteiger partial charge in [0.2, 0.25) is 0 Å². The van der Waals surface area contributed by atoms with Crippen LogP contribution < -0.4 is 5.73 Å². The van der Waals surface area contributed by atoms with Crippen molar-refractivity contribution in [2.75, 3.05) is 6.54 Å². The first-order valence-electron chi connectivity index (χ1n) is 3.97. The van der Waals surface area contributed by atoms with Crippen LogP contribution in [0.4, 0.5) is 0 Å². The van der Waals surface area contributed by atoms with Gasteiger partial charge in [-0.25, -0.2) is 4.99 Å². The lowest BCUT2D eigenvalue weighted by molar-refractivity contribution is -0.115. The molecule has 0 saturated heterocycles. The largest absolute Gasteiger partial charge is 0.364 e. The van der Waals surface area contributed by atoms with E-state index in [0.717, 1.165) is 5.84 Å². The standard InChI is InChI=1S/C9H9N3O/c10-9(13)7-3-1-4-8-11-5-2-6-12(7)8/h1-5H,6H2,(H2,10,13). The maximum absolute atomic E-state index is 11.0. The van der Waals surface area contributed by atoms with Gasteiger partial charge in [0.05, 0.1) is 0 Å². The molecular weight excluding hydrogens is 166 g/mol. The molecule has 0 aromatic carbocycles. The first-order chi connectivity index (χ1) is 6.29. The maximum Gasteiger partial charge on any atom is 0.265 e. The Balaban J connectivity index is 2.37. The summed E-state index contributed by atoms with van der Waals surface area (Å²) in [6.07, 6.45) is 8.91. The van der Waals surface area contributed by atoms with Crippen LogP contribution in [0.25, 0.3) is 0 Å². The Bertz CT molecular complexity index is 363. The van der Waals surface area contributed by atoms with E-state index in [-0.39, 0.29) is 0 Å². The minimum Gasteiger partial charge on any atom is -0.364 e. The van der Waals surface area contributed by atoms with Crippen molar-refractivity contribution in [3.05, 3.63) is 36.2 Å². The van der Waals surface area contributed by atoms with Crippen molar-refractivity contribution in [3.8, 4) is 0 Å². The van der Waals surface area contributed by atoms with Gasteiger partial charge in [-0.2, -0.15) is 0 Å². The molecule has 2 rings (SSSR count). The molecule has 0 radical (unpaired) electrons. The van der Waals surface area contributed by atoms with E-state index in [1.54, 1.807) is 23.3 Å². The Morgan fingerprint density at radius 1 is 1.62 bits per heavy atom. The molecule has 13 heavy (non-hydrogen) atoms. The van der Waals surface area contributed by atoms with E-state index in [2.05, 4.69) is 4.99 Å². The van der Waals surface area contributed by atoms with Gasteiger partial charge >= 0.3 is 0 Å². The van der Waals surface area contributed by atoms with Gasteiger partial charge < -0.3 is 10.6 Å². The minimum atomic E-state index is -0.424. The fourth-order valence-corrected chi connectivity index (χ4v) is 1.33. The SMILES string of the molecule is NC(=O)C1=CC=CC2=NC=CCN12. The number of nitrogens with zero attached hydrogens (tertiary/aromatic N) is 2. The molecule has 0 aliphatic carbocycles. The number of carbonyl (C=O) groups is 1. The highest BCUT2D eigenvalue weighted by Crippen LogP contribution is 2.14. The number of primary amides is 1. The molecule has 4 nitrogen and oxygen atoms in total. The zero-order chi connectivity index (χ0) is 9.26. The number of fused-ring (bicyclic) bond motifs is 1. The zero-order valence-electron chi connectivity index (χ0n) is 6.97. The molecule has 66 valence electrons. The maximum atomic E-state index is 11.0. The molecule has 4 heteroatoms. The predicted octanol–water partition coefficient (Wildman–Crippen LogP) is 0.153. The van der Waals surface area contributed by atoms with E-state index >= 15 is 0 Å². The summed E-state index contributed by atoms with van der Waals surface area (Å²) >= 11 is 0. The van der Waals surface area contributed by atoms with Gasteiger partial charge in [-0.15, -0.1) is 0 Å². The van der Waals surface area contributed by atoms with Crippen LogP contribution in [0.1, 0.15) is 0 Å². The fraction of sp³-hybridized carbons (Fsp3) is 0.111. The van der Waals surface area contributed by atoms with Gasteiger partial charge in [0, 0.05) is 12.7 Å². The Hall–Kier alpha value is -1.84. The lowest BCUT2D eigenvalue weighted by Crippen LogP contribution is -2.38. The van der Waals surface area contributed by atoms with Crippen LogP contribution in [0.3, 0.4) is 0 Å². The highest BCUT2D eigenvalue weighted by atomic mass is 16.1. The summed E-state index contributed by atoms with van der Waals surface area (Å²) < 4.78 is 0. The van der Waals surface area contributed by atoms with Crippen LogP contribution >= 0.6 is 0 Å². The molecule has 0 aromatic rings. The Labute approximate surface area is 75.7 Å². The van der Waals surface area contributed by atoms with Crippen LogP contribution in [0, 0.1) is 0 Å². The molecule has 0 aromatic heterocycles. The third-order valence-corrected chi connectivity index (χ3v) is 1.92. The van der Waals surface area contributed by atoms with Crippen molar-refractivity contribution in [1.82, 2.24) is 4.90 Å². The molecule has 2 N–H and O–H groups in total. The van der Waals surface area contributed by atoms with Crippen molar-refractivity contribution in [3.63, 3.8) is 0 Å². The van der Waals surface area contributed by atoms with Gasteiger partial charge in [-0.05, 0) is 18.2 Å². The molecule has 0 fully saturated rings. The second-order valence-electron chi connectivity index (χ2n) is 2.76. The van der Waals surface area contributed by atoms with Gasteiger partial charge in [-0.3, -0.25) is 4.79 Å². The van der Waals surface area contributed by atoms with E-state index < -0.39 is 5.91 Å². The quantitative estimate of drug-likeness (QED) is 0.616. The van der Waals surface area contributed by atoms with Gasteiger partial charge in [0.1, 0.15) is 11.5 Å². The van der Waals surface area contributed by atoms with Gasteiger partial charge in [-0.1, -0.05) is 6.08 Å². The highest BCUT2D eigenvalue weighted by Gasteiger charge is 2.20. The summed E-state index contributed by atoms with van der Waals surface area (Å²) in [6, 6.07) is 0. The van der Waals surface area contributed by atoms with Crippen molar-refractivity contribution in [2.45, 2.75) is 0 Å². The number of amidine groups is 1. The Kier molecular flexibility index (Phi) is 1.73. The summed E-state index contributed by atoms with van der Waals surface area (Å²) in [5.74, 6) is 0.339. The molecule has 2 heterocycles. The summed E-state index contributed by atoms with van der Waals surface area (Å²) in [5.41, 5.74) is 5.70. The molecule has 0 spiro atoms. The third kappa shape index (κ3) is 1.26. The lowest BCUT2D eigenvalue weighted by atomic mass is 10.2. The Morgan fingerprint density at radius 3 is 3.23 bits per heavy atom. The van der Waals surface area contributed by atoms with Gasteiger partial charge in [0.25, 0.3) is 5.91 Å². The predicted molar refractivity (Wildman–Crippen MR) is 49.7 cm³/mol. The summed E-state index contributed by atoms with van der Waals surface area (Å²) in [4.78, 5) is 16.9. The zero-order valence-corrected chi connectivity index (χ0v) is 6.97. The molecule has 2 aliphatic heterocycles. The molecular formula is C9H9N3O. The molecule has 0 unspecified atom stereocenters. The van der Waals surface area contributed by atoms with E-state index in [4.69, 9.17) is 5.73 Å². The monoisotopic (exact) mass is 175 g/mol. The second kappa shape index (κ2) is 2.90. The van der Waals surface area contributed by atoms with Crippen LogP contribution in [-0.2, 0) is 4.79 Å². The summed E-state index contributed by atoms with van der Waals surface area (Å²) in [6.45, 7) is 0.651. The molecule has 2 aliphatic rings. The molecule has 0 bridgehead atoms. The van der Waals surface area contributed by atoms with E-state index in [1.165, 1.54) is 0 Å². The van der Waals surface area contributed by atoms with E-state index in [9.17, 15) is 4.79 Å². The van der Waals surface area contributed by atoms with Crippen LogP contribution in [0.5, 0.6) is 0 Å². The van der Waals surface area contributed by atoms with Crippen molar-refractivity contribution >= 4 is 11.7 Å². The Morgan fingerprint density at radius 2 is 2.46 bits per heavy atom. The number of rotatable bonds is 1. The van der Waals surface area contributed by atoms with Crippen molar-refractivity contribution in [1.29, 1.82) is 0 Å². The molecule has 0 atom stereocenters. The number of hydrogen-bond acceptors (Lipinski definition) is 3. The number of aliphatic imine (C=N–C) groups is 1. The smallest absolute Gasteiger partial charge is 0.265 e. The van der Waals surface area contributed by atoms with Crippen molar-refractivity contribution < 1.29 is 4.79 Å². The first-order valence-corrected chi connectivity index (χ1v) is 3.97. The third-order valence-electron chi connectivity index (χ3n) is 1.92. The molecule has 1 amide bonds. The normalized spacial score (nSPS) is 19.2. The van der Waals surface area contributed by atoms with Crippen LogP contribution in [-0.4, -0.2) is 23.2 Å². The average Bonchev–Trinajstić information content (AvgIpc) is 2.17. The summed E-state index contributed by atoms with van der Waals surface area (Å²) in [7, 11) is 0. The highest BCUT2D eigenvalue weighted by molar-refractivity contribution is 6.04. The molecule has 0 saturated carbocycles. The number of carbonyl (C=O) groups excluding carboxylic acids is 1. The van der Waals surface area contributed by atoms with E-state index in [0.29, 0.717) is 12.2 Å². The average molecular weight is 175 g/mol. The number of allylic oxidation sites excluding steroid dienone is 2. The van der Waals surface area contributed by atoms with Crippen molar-refractivity contribution in [2.24, 2.45) is 10.7 Å². The van der Waals surface area contributed by atoms with E-state index in [1.807, 2.05) is 12.2 Å². The number of amides is 1. The minimum absolute atomic E-state index is 0.424. The van der Waals surface area contributed by atoms with Crippen LogP contribution in [0.15, 0.2) is 41.2 Å². The number of hydrogen-bond donors (Lipinski definition) is 1. The summed E-state index contributed by atoms with van der Waals surface area (Å²) in [5, 5.41) is 0. The first kappa shape index (κ1) is 7.79.